The highest BCUT2D eigenvalue weighted by atomic mass is 32.2. The molecule has 176 valence electrons. The Labute approximate surface area is 203 Å². The standard InChI is InChI=1S/C26H27N3O4S/c1-17(7-16-24(31)29-23-6-4-3-5-22(23)27)25(18-8-12-20(30)13-9-18)33-26(32)28-19-10-14-21(34-2)15-11-19/h3-17,25,30H,27H2,1-2H3,(H,28,32)(H,29,31)/b16-7+/t17-,25-/m1/s1. The van der Waals surface area contributed by atoms with Crippen molar-refractivity contribution in [2.45, 2.75) is 17.9 Å². The van der Waals surface area contributed by atoms with Crippen molar-refractivity contribution in [1.82, 2.24) is 0 Å². The van der Waals surface area contributed by atoms with E-state index in [0.29, 0.717) is 22.6 Å². The van der Waals surface area contributed by atoms with Crippen LogP contribution in [0.1, 0.15) is 18.6 Å². The van der Waals surface area contributed by atoms with Gasteiger partial charge in [-0.2, -0.15) is 0 Å². The van der Waals surface area contributed by atoms with E-state index >= 15 is 0 Å². The summed E-state index contributed by atoms with van der Waals surface area (Å²) in [7, 11) is 0. The number of ether oxygens (including phenoxy) is 1. The number of thioether (sulfide) groups is 1. The molecule has 0 aromatic heterocycles. The van der Waals surface area contributed by atoms with E-state index in [1.165, 1.54) is 18.2 Å². The lowest BCUT2D eigenvalue weighted by Crippen LogP contribution is -2.21. The molecule has 34 heavy (non-hydrogen) atoms. The van der Waals surface area contributed by atoms with Crippen LogP contribution >= 0.6 is 11.8 Å². The van der Waals surface area contributed by atoms with Gasteiger partial charge in [0, 0.05) is 16.5 Å². The normalized spacial score (nSPS) is 12.6. The minimum absolute atomic E-state index is 0.101. The quantitative estimate of drug-likeness (QED) is 0.185. The maximum absolute atomic E-state index is 12.6. The van der Waals surface area contributed by atoms with Crippen LogP contribution in [0.3, 0.4) is 0 Å². The summed E-state index contributed by atoms with van der Waals surface area (Å²) in [6.45, 7) is 1.83. The second-order valence-corrected chi connectivity index (χ2v) is 8.45. The maximum atomic E-state index is 12.6. The van der Waals surface area contributed by atoms with Gasteiger partial charge in [-0.3, -0.25) is 10.1 Å². The Morgan fingerprint density at radius 1 is 1.00 bits per heavy atom. The minimum atomic E-state index is -0.697. The summed E-state index contributed by atoms with van der Waals surface area (Å²) in [5.41, 5.74) is 8.13. The van der Waals surface area contributed by atoms with E-state index < -0.39 is 12.2 Å². The lowest BCUT2D eigenvalue weighted by molar-refractivity contribution is -0.111. The first-order valence-corrected chi connectivity index (χ1v) is 11.8. The number of benzene rings is 3. The zero-order valence-electron chi connectivity index (χ0n) is 18.9. The number of carbonyl (C=O) groups excluding carboxylic acids is 2. The van der Waals surface area contributed by atoms with Crippen molar-refractivity contribution in [1.29, 1.82) is 0 Å². The number of para-hydroxylation sites is 2. The smallest absolute Gasteiger partial charge is 0.412 e. The van der Waals surface area contributed by atoms with Crippen LogP contribution in [0.4, 0.5) is 21.9 Å². The van der Waals surface area contributed by atoms with E-state index in [2.05, 4.69) is 10.6 Å². The highest BCUT2D eigenvalue weighted by Gasteiger charge is 2.22. The molecule has 0 saturated heterocycles. The summed E-state index contributed by atoms with van der Waals surface area (Å²) in [5, 5.41) is 15.1. The fraction of sp³-hybridized carbons (Fsp3) is 0.154. The predicted octanol–water partition coefficient (Wildman–Crippen LogP) is 5.82. The Kier molecular flexibility index (Phi) is 8.59. The molecule has 0 heterocycles. The molecule has 0 fully saturated rings. The van der Waals surface area contributed by atoms with Gasteiger partial charge in [-0.15, -0.1) is 11.8 Å². The number of nitrogens with one attached hydrogen (secondary N) is 2. The molecule has 3 rings (SSSR count). The average molecular weight is 478 g/mol. The monoisotopic (exact) mass is 477 g/mol. The molecule has 3 aromatic carbocycles. The lowest BCUT2D eigenvalue weighted by atomic mass is 9.96. The van der Waals surface area contributed by atoms with Gasteiger partial charge >= 0.3 is 6.09 Å². The zero-order chi connectivity index (χ0) is 24.5. The van der Waals surface area contributed by atoms with Gasteiger partial charge in [0.2, 0.25) is 5.91 Å². The van der Waals surface area contributed by atoms with E-state index in [9.17, 15) is 14.7 Å². The Morgan fingerprint density at radius 2 is 1.68 bits per heavy atom. The van der Waals surface area contributed by atoms with Crippen molar-refractivity contribution < 1.29 is 19.4 Å². The number of phenolic OH excluding ortho intramolecular Hbond substituents is 1. The van der Waals surface area contributed by atoms with Crippen LogP contribution in [-0.2, 0) is 9.53 Å². The number of phenols is 1. The summed E-state index contributed by atoms with van der Waals surface area (Å²) >= 11 is 1.61. The second-order valence-electron chi connectivity index (χ2n) is 7.57. The molecule has 5 N–H and O–H groups in total. The van der Waals surface area contributed by atoms with Gasteiger partial charge in [0.1, 0.15) is 11.9 Å². The number of rotatable bonds is 8. The molecule has 0 spiro atoms. The van der Waals surface area contributed by atoms with E-state index in [-0.39, 0.29) is 17.6 Å². The first-order valence-electron chi connectivity index (χ1n) is 10.6. The maximum Gasteiger partial charge on any atom is 0.412 e. The van der Waals surface area contributed by atoms with Crippen molar-refractivity contribution in [3.05, 3.63) is 90.5 Å². The Balaban J connectivity index is 1.71. The molecule has 8 heteroatoms. The molecule has 3 aromatic rings. The van der Waals surface area contributed by atoms with Gasteiger partial charge in [0.25, 0.3) is 0 Å². The van der Waals surface area contributed by atoms with Crippen molar-refractivity contribution >= 4 is 40.8 Å². The molecular formula is C26H27N3O4S. The molecule has 0 aliphatic heterocycles. The first-order chi connectivity index (χ1) is 16.4. The van der Waals surface area contributed by atoms with Gasteiger partial charge < -0.3 is 20.9 Å². The van der Waals surface area contributed by atoms with Crippen molar-refractivity contribution in [2.24, 2.45) is 5.92 Å². The lowest BCUT2D eigenvalue weighted by Gasteiger charge is -2.23. The molecule has 2 atom stereocenters. The van der Waals surface area contributed by atoms with Crippen LogP contribution in [0.2, 0.25) is 0 Å². The van der Waals surface area contributed by atoms with Gasteiger partial charge in [-0.25, -0.2) is 4.79 Å². The number of hydrogen-bond donors (Lipinski definition) is 4. The SMILES string of the molecule is CSc1ccc(NC(=O)O[C@@H](c2ccc(O)cc2)[C@H](C)/C=C/C(=O)Nc2ccccc2N)cc1. The Morgan fingerprint density at radius 3 is 2.32 bits per heavy atom. The van der Waals surface area contributed by atoms with Crippen molar-refractivity contribution in [2.75, 3.05) is 22.6 Å². The van der Waals surface area contributed by atoms with E-state index in [0.717, 1.165) is 4.90 Å². The molecular weight excluding hydrogens is 450 g/mol. The van der Waals surface area contributed by atoms with Crippen LogP contribution < -0.4 is 16.4 Å². The minimum Gasteiger partial charge on any atom is -0.508 e. The molecule has 0 aliphatic carbocycles. The highest BCUT2D eigenvalue weighted by molar-refractivity contribution is 7.98. The number of carbonyl (C=O) groups is 2. The number of nitrogens with two attached hydrogens (primary N) is 1. The number of hydrogen-bond acceptors (Lipinski definition) is 6. The largest absolute Gasteiger partial charge is 0.508 e. The molecule has 0 aliphatic rings. The van der Waals surface area contributed by atoms with Crippen LogP contribution in [-0.4, -0.2) is 23.4 Å². The average Bonchev–Trinajstić information content (AvgIpc) is 2.83. The molecule has 0 radical (unpaired) electrons. The van der Waals surface area contributed by atoms with Gasteiger partial charge in [0.15, 0.2) is 0 Å². The summed E-state index contributed by atoms with van der Waals surface area (Å²) in [6.07, 6.45) is 3.69. The predicted molar refractivity (Wildman–Crippen MR) is 137 cm³/mol. The van der Waals surface area contributed by atoms with Crippen LogP contribution in [0.15, 0.2) is 89.8 Å². The number of anilines is 3. The number of aromatic hydroxyl groups is 1. The topological polar surface area (TPSA) is 114 Å². The third-order valence-corrected chi connectivity index (χ3v) is 5.78. The second kappa shape index (κ2) is 11.8. The molecule has 2 amide bonds. The van der Waals surface area contributed by atoms with E-state index in [1.807, 2.05) is 25.3 Å². The number of nitrogen functional groups attached to an aromatic ring is 1. The fourth-order valence-electron chi connectivity index (χ4n) is 3.21. The third-order valence-electron chi connectivity index (χ3n) is 5.04. The third kappa shape index (κ3) is 7.05. The van der Waals surface area contributed by atoms with E-state index in [1.54, 1.807) is 66.4 Å². The summed E-state index contributed by atoms with van der Waals surface area (Å²) in [6, 6.07) is 20.8. The van der Waals surface area contributed by atoms with Crippen LogP contribution in [0.5, 0.6) is 5.75 Å². The van der Waals surface area contributed by atoms with Gasteiger partial charge in [0.05, 0.1) is 11.4 Å². The highest BCUT2D eigenvalue weighted by Crippen LogP contribution is 2.29. The molecule has 0 unspecified atom stereocenters. The molecule has 7 nitrogen and oxygen atoms in total. The fourth-order valence-corrected chi connectivity index (χ4v) is 3.61. The van der Waals surface area contributed by atoms with Crippen LogP contribution in [0.25, 0.3) is 0 Å². The van der Waals surface area contributed by atoms with E-state index in [4.69, 9.17) is 10.5 Å². The zero-order valence-corrected chi connectivity index (χ0v) is 19.7. The van der Waals surface area contributed by atoms with Crippen molar-refractivity contribution in [3.8, 4) is 5.75 Å². The summed E-state index contributed by atoms with van der Waals surface area (Å²) in [5.74, 6) is -0.607. The van der Waals surface area contributed by atoms with Crippen LogP contribution in [0, 0.1) is 5.92 Å². The van der Waals surface area contributed by atoms with Crippen molar-refractivity contribution in [3.63, 3.8) is 0 Å². The Hall–Kier alpha value is -3.91. The van der Waals surface area contributed by atoms with Gasteiger partial charge in [-0.1, -0.05) is 37.3 Å². The molecule has 0 saturated carbocycles. The summed E-state index contributed by atoms with van der Waals surface area (Å²) < 4.78 is 5.73. The first kappa shape index (κ1) is 24.7. The van der Waals surface area contributed by atoms with Gasteiger partial charge in [-0.05, 0) is 66.4 Å². The number of amides is 2. The molecule has 0 bridgehead atoms. The Bertz CT molecular complexity index is 1150. The summed E-state index contributed by atoms with van der Waals surface area (Å²) in [4.78, 5) is 26.1.